The van der Waals surface area contributed by atoms with E-state index in [1.807, 2.05) is 0 Å². The molecule has 0 aliphatic rings. The summed E-state index contributed by atoms with van der Waals surface area (Å²) in [6, 6.07) is 4.73. The number of sulfonamides is 1. The molecule has 7 nitrogen and oxygen atoms in total. The Kier molecular flexibility index (Phi) is 6.47. The Morgan fingerprint density at radius 1 is 1.16 bits per heavy atom. The minimum Gasteiger partial charge on any atom is -0.497 e. The molecule has 0 fully saturated rings. The third-order valence-electron chi connectivity index (χ3n) is 3.22. The maximum atomic E-state index is 12.5. The Hall–Kier alpha value is -1.80. The van der Waals surface area contributed by atoms with Gasteiger partial charge in [0.2, 0.25) is 10.0 Å². The summed E-state index contributed by atoms with van der Waals surface area (Å²) in [4.78, 5) is 12.0. The Balaban J connectivity index is 2.79. The quantitative estimate of drug-likeness (QED) is 0.800. The van der Waals surface area contributed by atoms with E-state index in [4.69, 9.17) is 9.47 Å². The highest BCUT2D eigenvalue weighted by atomic mass is 32.2. The van der Waals surface area contributed by atoms with Crippen molar-refractivity contribution in [1.29, 1.82) is 0 Å². The third-order valence-corrected chi connectivity index (χ3v) is 4.78. The number of hydrogen-bond donors (Lipinski definition) is 2. The lowest BCUT2D eigenvalue weighted by Gasteiger charge is -2.28. The number of benzene rings is 1. The van der Waals surface area contributed by atoms with Crippen LogP contribution in [0.1, 0.15) is 40.2 Å². The molecule has 25 heavy (non-hydrogen) atoms. The molecule has 0 aliphatic carbocycles. The van der Waals surface area contributed by atoms with Gasteiger partial charge in [0, 0.05) is 6.54 Å². The van der Waals surface area contributed by atoms with Crippen molar-refractivity contribution in [2.75, 3.05) is 13.7 Å². The predicted molar refractivity (Wildman–Crippen MR) is 96.4 cm³/mol. The van der Waals surface area contributed by atoms with Crippen molar-refractivity contribution in [2.45, 2.75) is 57.6 Å². The zero-order chi connectivity index (χ0) is 19.5. The summed E-state index contributed by atoms with van der Waals surface area (Å²) in [5.41, 5.74) is -0.875. The van der Waals surface area contributed by atoms with E-state index in [0.29, 0.717) is 11.3 Å². The maximum Gasteiger partial charge on any atom is 0.408 e. The van der Waals surface area contributed by atoms with Crippen LogP contribution in [-0.2, 0) is 14.8 Å². The van der Waals surface area contributed by atoms with Crippen molar-refractivity contribution in [3.05, 3.63) is 23.8 Å². The number of nitrogens with one attached hydrogen (secondary N) is 2. The molecule has 0 saturated carbocycles. The number of alkyl carbamates (subject to hydrolysis) is 1. The first kappa shape index (κ1) is 21.2. The largest absolute Gasteiger partial charge is 0.497 e. The van der Waals surface area contributed by atoms with Gasteiger partial charge in [-0.05, 0) is 65.3 Å². The Morgan fingerprint density at radius 2 is 1.76 bits per heavy atom. The van der Waals surface area contributed by atoms with Crippen LogP contribution in [0.2, 0.25) is 0 Å². The van der Waals surface area contributed by atoms with Gasteiger partial charge < -0.3 is 14.8 Å². The second-order valence-corrected chi connectivity index (χ2v) is 9.20. The summed E-state index contributed by atoms with van der Waals surface area (Å²) in [6.07, 6.45) is -0.600. The normalized spacial score (nSPS) is 12.6. The lowest BCUT2D eigenvalue weighted by atomic mass is 10.1. The van der Waals surface area contributed by atoms with Gasteiger partial charge >= 0.3 is 6.09 Å². The first-order chi connectivity index (χ1) is 11.3. The second kappa shape index (κ2) is 7.61. The molecule has 0 radical (unpaired) electrons. The van der Waals surface area contributed by atoms with Crippen molar-refractivity contribution in [3.63, 3.8) is 0 Å². The summed E-state index contributed by atoms with van der Waals surface area (Å²) >= 11 is 0. The number of carbonyl (C=O) groups excluding carboxylic acids is 1. The van der Waals surface area contributed by atoms with E-state index in [-0.39, 0.29) is 11.4 Å². The van der Waals surface area contributed by atoms with E-state index in [0.717, 1.165) is 0 Å². The fourth-order valence-electron chi connectivity index (χ4n) is 2.03. The third kappa shape index (κ3) is 6.91. The fraction of sp³-hybridized carbons (Fsp3) is 0.588. The van der Waals surface area contributed by atoms with Gasteiger partial charge in [-0.2, -0.15) is 0 Å². The number of hydrogen-bond acceptors (Lipinski definition) is 5. The van der Waals surface area contributed by atoms with Gasteiger partial charge in [0.05, 0.1) is 17.5 Å². The van der Waals surface area contributed by atoms with Gasteiger partial charge in [-0.1, -0.05) is 0 Å². The van der Waals surface area contributed by atoms with Crippen LogP contribution in [0.3, 0.4) is 0 Å². The summed E-state index contributed by atoms with van der Waals surface area (Å²) in [7, 11) is -2.20. The van der Waals surface area contributed by atoms with E-state index < -0.39 is 27.3 Å². The Morgan fingerprint density at radius 3 is 2.24 bits per heavy atom. The summed E-state index contributed by atoms with van der Waals surface area (Å²) in [6.45, 7) is 10.4. The van der Waals surface area contributed by atoms with Crippen LogP contribution in [0.25, 0.3) is 0 Å². The molecule has 0 saturated heterocycles. The molecule has 1 aromatic carbocycles. The Bertz CT molecular complexity index is 721. The van der Waals surface area contributed by atoms with Gasteiger partial charge in [-0.25, -0.2) is 17.9 Å². The first-order valence-electron chi connectivity index (χ1n) is 7.91. The van der Waals surface area contributed by atoms with E-state index in [1.54, 1.807) is 53.7 Å². The van der Waals surface area contributed by atoms with Crippen molar-refractivity contribution < 1.29 is 22.7 Å². The molecular weight excluding hydrogens is 344 g/mol. The number of carbonyl (C=O) groups is 1. The highest BCUT2D eigenvalue weighted by Gasteiger charge is 2.27. The molecule has 0 spiro atoms. The number of aryl methyl sites for hydroxylation is 1. The average Bonchev–Trinajstić information content (AvgIpc) is 2.42. The van der Waals surface area contributed by atoms with Crippen molar-refractivity contribution in [2.24, 2.45) is 0 Å². The van der Waals surface area contributed by atoms with Crippen molar-refractivity contribution in [3.8, 4) is 5.75 Å². The number of rotatable bonds is 6. The van der Waals surface area contributed by atoms with Crippen molar-refractivity contribution in [1.82, 2.24) is 10.0 Å². The summed E-state index contributed by atoms with van der Waals surface area (Å²) < 4.78 is 37.8. The van der Waals surface area contributed by atoms with Crippen LogP contribution in [0, 0.1) is 6.92 Å². The molecule has 0 heterocycles. The smallest absolute Gasteiger partial charge is 0.408 e. The standard InChI is InChI=1S/C17H28N2O5S/c1-12-10-13(23-7)8-9-14(12)25(21,22)18-11-17(5,6)19-15(20)24-16(2,3)4/h8-10,18H,11H2,1-7H3,(H,19,20). The molecule has 0 bridgehead atoms. The van der Waals surface area contributed by atoms with Gasteiger partial charge in [-0.15, -0.1) is 0 Å². The zero-order valence-corrected chi connectivity index (χ0v) is 16.7. The highest BCUT2D eigenvalue weighted by Crippen LogP contribution is 2.21. The van der Waals surface area contributed by atoms with Gasteiger partial charge in [0.1, 0.15) is 11.4 Å². The van der Waals surface area contributed by atoms with Crippen LogP contribution in [-0.4, -0.2) is 39.3 Å². The van der Waals surface area contributed by atoms with Crippen LogP contribution >= 0.6 is 0 Å². The second-order valence-electron chi connectivity index (χ2n) is 7.47. The molecule has 0 aliphatic heterocycles. The van der Waals surface area contributed by atoms with Crippen molar-refractivity contribution >= 4 is 16.1 Å². The van der Waals surface area contributed by atoms with Gasteiger partial charge in [0.25, 0.3) is 0 Å². The number of ether oxygens (including phenoxy) is 2. The zero-order valence-electron chi connectivity index (χ0n) is 15.9. The SMILES string of the molecule is COc1ccc(S(=O)(=O)NCC(C)(C)NC(=O)OC(C)(C)C)c(C)c1. The molecule has 1 amide bonds. The molecule has 8 heteroatoms. The van der Waals surface area contributed by atoms with Gasteiger partial charge in [-0.3, -0.25) is 0 Å². The van der Waals surface area contributed by atoms with Crippen LogP contribution in [0.5, 0.6) is 5.75 Å². The van der Waals surface area contributed by atoms with E-state index in [9.17, 15) is 13.2 Å². The maximum absolute atomic E-state index is 12.5. The molecule has 2 N–H and O–H groups in total. The monoisotopic (exact) mass is 372 g/mol. The first-order valence-corrected chi connectivity index (χ1v) is 9.39. The lowest BCUT2D eigenvalue weighted by Crippen LogP contribution is -2.52. The lowest BCUT2D eigenvalue weighted by molar-refractivity contribution is 0.0474. The Labute approximate surface area is 150 Å². The summed E-state index contributed by atoms with van der Waals surface area (Å²) in [5.74, 6) is 0.586. The molecule has 1 aromatic rings. The molecule has 0 aromatic heterocycles. The topological polar surface area (TPSA) is 93.7 Å². The van der Waals surface area contributed by atoms with E-state index >= 15 is 0 Å². The van der Waals surface area contributed by atoms with Crippen LogP contribution in [0.15, 0.2) is 23.1 Å². The summed E-state index contributed by atoms with van der Waals surface area (Å²) in [5, 5.41) is 2.66. The molecular formula is C17H28N2O5S. The van der Waals surface area contributed by atoms with E-state index in [2.05, 4.69) is 10.0 Å². The fourth-order valence-corrected chi connectivity index (χ4v) is 3.46. The molecule has 0 unspecified atom stereocenters. The van der Waals surface area contributed by atoms with Crippen LogP contribution < -0.4 is 14.8 Å². The average molecular weight is 372 g/mol. The van der Waals surface area contributed by atoms with E-state index in [1.165, 1.54) is 13.2 Å². The van der Waals surface area contributed by atoms with Crippen LogP contribution in [0.4, 0.5) is 4.79 Å². The molecule has 1 rings (SSSR count). The molecule has 142 valence electrons. The predicted octanol–water partition coefficient (Wildman–Crippen LogP) is 2.59. The molecule has 0 atom stereocenters. The van der Waals surface area contributed by atoms with Gasteiger partial charge in [0.15, 0.2) is 0 Å². The number of methoxy groups -OCH3 is 1. The highest BCUT2D eigenvalue weighted by molar-refractivity contribution is 7.89. The number of amides is 1. The minimum absolute atomic E-state index is 0.0139. The minimum atomic E-state index is -3.72.